The van der Waals surface area contributed by atoms with Gasteiger partial charge in [0.05, 0.1) is 11.5 Å². The van der Waals surface area contributed by atoms with Crippen LogP contribution in [0.5, 0.6) is 0 Å². The van der Waals surface area contributed by atoms with E-state index in [0.717, 1.165) is 25.0 Å². The fourth-order valence-corrected chi connectivity index (χ4v) is 3.22. The van der Waals surface area contributed by atoms with Gasteiger partial charge in [-0.25, -0.2) is 13.1 Å². The minimum absolute atomic E-state index is 0.215. The molecule has 1 unspecified atom stereocenters. The molecule has 1 atom stereocenters. The van der Waals surface area contributed by atoms with Crippen molar-refractivity contribution in [1.29, 1.82) is 0 Å². The Morgan fingerprint density at radius 1 is 1.47 bits per heavy atom. The molecule has 0 spiro atoms. The smallest absolute Gasteiger partial charge is 0.240 e. The Balaban J connectivity index is 2.02. The molecule has 0 saturated carbocycles. The third kappa shape index (κ3) is 3.68. The highest BCUT2D eigenvalue weighted by molar-refractivity contribution is 7.89. The number of nitrogens with one attached hydrogen (secondary N) is 1. The van der Waals surface area contributed by atoms with Crippen LogP contribution in [0.25, 0.3) is 0 Å². The Morgan fingerprint density at radius 2 is 2.26 bits per heavy atom. The highest BCUT2D eigenvalue weighted by Gasteiger charge is 2.19. The van der Waals surface area contributed by atoms with E-state index in [4.69, 9.17) is 10.5 Å². The number of nitrogen functional groups attached to an aromatic ring is 1. The Kier molecular flexibility index (Phi) is 4.44. The van der Waals surface area contributed by atoms with Gasteiger partial charge in [-0.2, -0.15) is 0 Å². The molecule has 0 amide bonds. The Morgan fingerprint density at radius 3 is 2.89 bits per heavy atom. The summed E-state index contributed by atoms with van der Waals surface area (Å²) < 4.78 is 32.2. The van der Waals surface area contributed by atoms with Crippen LogP contribution in [0.4, 0.5) is 5.69 Å². The molecular weight excluding hydrogens is 264 g/mol. The molecule has 1 aromatic rings. The first-order chi connectivity index (χ1) is 8.99. The van der Waals surface area contributed by atoms with Crippen LogP contribution in [-0.2, 0) is 14.8 Å². The molecular formula is C13H20N2O3S. The molecule has 106 valence electrons. The van der Waals surface area contributed by atoms with Crippen molar-refractivity contribution in [2.24, 2.45) is 5.92 Å². The highest BCUT2D eigenvalue weighted by Crippen LogP contribution is 2.18. The summed E-state index contributed by atoms with van der Waals surface area (Å²) in [7, 11) is -3.48. The Hall–Kier alpha value is -1.11. The lowest BCUT2D eigenvalue weighted by Gasteiger charge is -2.22. The Bertz CT molecular complexity index is 537. The van der Waals surface area contributed by atoms with E-state index in [1.54, 1.807) is 12.1 Å². The zero-order valence-electron chi connectivity index (χ0n) is 11.1. The first kappa shape index (κ1) is 14.3. The average molecular weight is 284 g/mol. The number of anilines is 1. The number of hydrogen-bond donors (Lipinski definition) is 2. The molecule has 1 fully saturated rings. The van der Waals surface area contributed by atoms with Crippen molar-refractivity contribution in [2.45, 2.75) is 24.7 Å². The van der Waals surface area contributed by atoms with Gasteiger partial charge < -0.3 is 10.5 Å². The van der Waals surface area contributed by atoms with Crippen molar-refractivity contribution < 1.29 is 13.2 Å². The number of rotatable bonds is 4. The van der Waals surface area contributed by atoms with Crippen molar-refractivity contribution >= 4 is 15.7 Å². The van der Waals surface area contributed by atoms with Gasteiger partial charge >= 0.3 is 0 Å². The molecule has 1 saturated heterocycles. The molecule has 0 bridgehead atoms. The summed E-state index contributed by atoms with van der Waals surface area (Å²) in [6.45, 7) is 3.66. The summed E-state index contributed by atoms with van der Waals surface area (Å²) in [4.78, 5) is 0.215. The Labute approximate surface area is 114 Å². The molecule has 1 heterocycles. The molecule has 0 aromatic heterocycles. The lowest BCUT2D eigenvalue weighted by molar-refractivity contribution is 0.0568. The van der Waals surface area contributed by atoms with Gasteiger partial charge in [-0.3, -0.25) is 0 Å². The molecule has 0 aliphatic carbocycles. The van der Waals surface area contributed by atoms with Crippen LogP contribution in [0.3, 0.4) is 0 Å². The maximum absolute atomic E-state index is 12.1. The van der Waals surface area contributed by atoms with Gasteiger partial charge in [-0.05, 0) is 43.4 Å². The van der Waals surface area contributed by atoms with Gasteiger partial charge in [-0.1, -0.05) is 6.07 Å². The fourth-order valence-electron chi connectivity index (χ4n) is 2.07. The monoisotopic (exact) mass is 284 g/mol. The molecule has 5 nitrogen and oxygen atoms in total. The topological polar surface area (TPSA) is 81.4 Å². The lowest BCUT2D eigenvalue weighted by atomic mass is 10.0. The molecule has 2 rings (SSSR count). The van der Waals surface area contributed by atoms with E-state index >= 15 is 0 Å². The highest BCUT2D eigenvalue weighted by atomic mass is 32.2. The lowest BCUT2D eigenvalue weighted by Crippen LogP contribution is -2.33. The van der Waals surface area contributed by atoms with E-state index in [0.29, 0.717) is 18.8 Å². The van der Waals surface area contributed by atoms with E-state index in [2.05, 4.69) is 4.72 Å². The maximum atomic E-state index is 12.1. The van der Waals surface area contributed by atoms with Gasteiger partial charge in [0.25, 0.3) is 0 Å². The van der Waals surface area contributed by atoms with E-state index in [9.17, 15) is 8.42 Å². The number of benzene rings is 1. The first-order valence-corrected chi connectivity index (χ1v) is 7.91. The SMILES string of the molecule is Cc1ccc(S(=O)(=O)NCC2CCCOC2)cc1N. The van der Waals surface area contributed by atoms with Crippen LogP contribution in [0.15, 0.2) is 23.1 Å². The largest absolute Gasteiger partial charge is 0.398 e. The second-order valence-corrected chi connectivity index (χ2v) is 6.72. The van der Waals surface area contributed by atoms with Crippen LogP contribution in [0.2, 0.25) is 0 Å². The predicted octanol–water partition coefficient (Wildman–Crippen LogP) is 1.28. The molecule has 1 aliphatic rings. The first-order valence-electron chi connectivity index (χ1n) is 6.42. The molecule has 0 radical (unpaired) electrons. The zero-order valence-corrected chi connectivity index (χ0v) is 11.9. The summed E-state index contributed by atoms with van der Waals surface area (Å²) in [6, 6.07) is 4.79. The van der Waals surface area contributed by atoms with Gasteiger partial charge in [0.2, 0.25) is 10.0 Å². The van der Waals surface area contributed by atoms with Crippen molar-refractivity contribution in [3.63, 3.8) is 0 Å². The zero-order chi connectivity index (χ0) is 13.9. The third-order valence-electron chi connectivity index (χ3n) is 3.38. The predicted molar refractivity (Wildman–Crippen MR) is 74.3 cm³/mol. The van der Waals surface area contributed by atoms with Crippen LogP contribution in [-0.4, -0.2) is 28.2 Å². The van der Waals surface area contributed by atoms with Crippen LogP contribution >= 0.6 is 0 Å². The molecule has 19 heavy (non-hydrogen) atoms. The van der Waals surface area contributed by atoms with Crippen LogP contribution in [0.1, 0.15) is 18.4 Å². The number of ether oxygens (including phenoxy) is 1. The van der Waals surface area contributed by atoms with Gasteiger partial charge in [-0.15, -0.1) is 0 Å². The van der Waals surface area contributed by atoms with Gasteiger partial charge in [0.1, 0.15) is 0 Å². The van der Waals surface area contributed by atoms with E-state index < -0.39 is 10.0 Å². The number of hydrogen-bond acceptors (Lipinski definition) is 4. The average Bonchev–Trinajstić information content (AvgIpc) is 2.41. The van der Waals surface area contributed by atoms with Crippen LogP contribution < -0.4 is 10.5 Å². The third-order valence-corrected chi connectivity index (χ3v) is 4.80. The van der Waals surface area contributed by atoms with Crippen LogP contribution in [0, 0.1) is 12.8 Å². The normalized spacial score (nSPS) is 20.4. The van der Waals surface area contributed by atoms with E-state index in [1.165, 1.54) is 6.07 Å². The van der Waals surface area contributed by atoms with Crippen molar-refractivity contribution in [2.75, 3.05) is 25.5 Å². The molecule has 1 aromatic carbocycles. The fraction of sp³-hybridized carbons (Fsp3) is 0.538. The summed E-state index contributed by atoms with van der Waals surface area (Å²) in [5.74, 6) is 0.256. The summed E-state index contributed by atoms with van der Waals surface area (Å²) in [6.07, 6.45) is 1.99. The molecule has 6 heteroatoms. The second kappa shape index (κ2) is 5.90. The van der Waals surface area contributed by atoms with E-state index in [-0.39, 0.29) is 10.8 Å². The minimum atomic E-state index is -3.48. The standard InChI is InChI=1S/C13H20N2O3S/c1-10-4-5-12(7-13(10)14)19(16,17)15-8-11-3-2-6-18-9-11/h4-5,7,11,15H,2-3,6,8-9,14H2,1H3. The summed E-state index contributed by atoms with van der Waals surface area (Å²) >= 11 is 0. The summed E-state index contributed by atoms with van der Waals surface area (Å²) in [5.41, 5.74) is 7.11. The summed E-state index contributed by atoms with van der Waals surface area (Å²) in [5, 5.41) is 0. The number of nitrogens with two attached hydrogens (primary N) is 1. The number of sulfonamides is 1. The maximum Gasteiger partial charge on any atom is 0.240 e. The van der Waals surface area contributed by atoms with Gasteiger partial charge in [0, 0.05) is 18.8 Å². The molecule has 1 aliphatic heterocycles. The van der Waals surface area contributed by atoms with Crippen molar-refractivity contribution in [3.8, 4) is 0 Å². The second-order valence-electron chi connectivity index (χ2n) is 4.95. The number of aryl methyl sites for hydroxylation is 1. The quantitative estimate of drug-likeness (QED) is 0.816. The van der Waals surface area contributed by atoms with E-state index in [1.807, 2.05) is 6.92 Å². The molecule has 3 N–H and O–H groups in total. The van der Waals surface area contributed by atoms with Crippen molar-refractivity contribution in [3.05, 3.63) is 23.8 Å². The minimum Gasteiger partial charge on any atom is -0.398 e. The van der Waals surface area contributed by atoms with Gasteiger partial charge in [0.15, 0.2) is 0 Å². The van der Waals surface area contributed by atoms with Crippen molar-refractivity contribution in [1.82, 2.24) is 4.72 Å².